The van der Waals surface area contributed by atoms with Gasteiger partial charge in [-0.2, -0.15) is 0 Å². The maximum Gasteiger partial charge on any atom is 0.307 e. The first-order valence-corrected chi connectivity index (χ1v) is 5.42. The van der Waals surface area contributed by atoms with Crippen molar-refractivity contribution in [1.82, 2.24) is 4.98 Å². The fourth-order valence-corrected chi connectivity index (χ4v) is 2.35. The van der Waals surface area contributed by atoms with Gasteiger partial charge in [-0.25, -0.2) is 0 Å². The fourth-order valence-electron chi connectivity index (χ4n) is 2.35. The van der Waals surface area contributed by atoms with Crippen LogP contribution in [0.3, 0.4) is 0 Å². The number of aliphatic carboxylic acids is 1. The van der Waals surface area contributed by atoms with E-state index >= 15 is 0 Å². The van der Waals surface area contributed by atoms with E-state index in [1.807, 2.05) is 19.1 Å². The molecule has 16 heavy (non-hydrogen) atoms. The van der Waals surface area contributed by atoms with Crippen LogP contribution in [0.5, 0.6) is 0 Å². The van der Waals surface area contributed by atoms with E-state index < -0.39 is 11.9 Å². The molecule has 1 aromatic rings. The zero-order valence-electron chi connectivity index (χ0n) is 9.22. The zero-order chi connectivity index (χ0) is 11.6. The lowest BCUT2D eigenvalue weighted by Gasteiger charge is -2.45. The third-order valence-electron chi connectivity index (χ3n) is 3.33. The molecule has 1 aromatic heterocycles. The molecule has 0 radical (unpaired) electrons. The third-order valence-corrected chi connectivity index (χ3v) is 3.33. The summed E-state index contributed by atoms with van der Waals surface area (Å²) in [6.45, 7) is 2.85. The van der Waals surface area contributed by atoms with Crippen LogP contribution in [0.2, 0.25) is 0 Å². The van der Waals surface area contributed by atoms with Crippen molar-refractivity contribution >= 4 is 5.97 Å². The van der Waals surface area contributed by atoms with Crippen molar-refractivity contribution in [1.29, 1.82) is 0 Å². The van der Waals surface area contributed by atoms with E-state index in [4.69, 9.17) is 4.74 Å². The molecule has 0 spiro atoms. The van der Waals surface area contributed by atoms with Gasteiger partial charge >= 0.3 is 5.97 Å². The molecular weight excluding hydrogens is 206 g/mol. The van der Waals surface area contributed by atoms with Crippen LogP contribution in [-0.4, -0.2) is 29.3 Å². The van der Waals surface area contributed by atoms with Gasteiger partial charge in [-0.15, -0.1) is 0 Å². The summed E-state index contributed by atoms with van der Waals surface area (Å²) in [6.07, 6.45) is 4.04. The van der Waals surface area contributed by atoms with Gasteiger partial charge in [0, 0.05) is 12.4 Å². The molecule has 1 N–H and O–H groups in total. The molecule has 0 aromatic carbocycles. The molecule has 1 unspecified atom stereocenters. The van der Waals surface area contributed by atoms with Gasteiger partial charge in [0.2, 0.25) is 0 Å². The number of carboxylic acid groups (broad SMARTS) is 1. The van der Waals surface area contributed by atoms with Crippen molar-refractivity contribution in [3.63, 3.8) is 0 Å². The van der Waals surface area contributed by atoms with Crippen molar-refractivity contribution < 1.29 is 14.6 Å². The molecular formula is C12H15NO3. The van der Waals surface area contributed by atoms with E-state index in [9.17, 15) is 9.90 Å². The number of rotatable bonds is 4. The van der Waals surface area contributed by atoms with Crippen LogP contribution in [0.15, 0.2) is 24.5 Å². The predicted molar refractivity (Wildman–Crippen MR) is 58.2 cm³/mol. The van der Waals surface area contributed by atoms with E-state index in [-0.39, 0.29) is 5.41 Å². The molecule has 0 bridgehead atoms. The summed E-state index contributed by atoms with van der Waals surface area (Å²) >= 11 is 0. The Balaban J connectivity index is 2.36. The van der Waals surface area contributed by atoms with Gasteiger partial charge in [-0.05, 0) is 18.1 Å². The second kappa shape index (κ2) is 4.22. The highest BCUT2D eigenvalue weighted by Gasteiger charge is 2.49. The van der Waals surface area contributed by atoms with Crippen LogP contribution in [0.1, 0.15) is 18.9 Å². The lowest BCUT2D eigenvalue weighted by molar-refractivity contribution is -0.157. The van der Waals surface area contributed by atoms with E-state index in [0.29, 0.717) is 19.6 Å². The summed E-state index contributed by atoms with van der Waals surface area (Å²) in [6, 6.07) is 3.77. The first-order valence-electron chi connectivity index (χ1n) is 5.42. The monoisotopic (exact) mass is 221 g/mol. The molecule has 86 valence electrons. The van der Waals surface area contributed by atoms with E-state index in [0.717, 1.165) is 5.56 Å². The summed E-state index contributed by atoms with van der Waals surface area (Å²) < 4.78 is 5.23. The van der Waals surface area contributed by atoms with Gasteiger partial charge in [0.15, 0.2) is 0 Å². The number of carboxylic acids is 1. The van der Waals surface area contributed by atoms with Gasteiger partial charge in [-0.3, -0.25) is 9.78 Å². The minimum Gasteiger partial charge on any atom is -0.481 e. The summed E-state index contributed by atoms with van der Waals surface area (Å²) in [7, 11) is 0. The number of ether oxygens (including phenoxy) is 1. The molecule has 2 heterocycles. The third kappa shape index (κ3) is 1.59. The van der Waals surface area contributed by atoms with Gasteiger partial charge < -0.3 is 9.84 Å². The Morgan fingerprint density at radius 3 is 2.81 bits per heavy atom. The van der Waals surface area contributed by atoms with Crippen LogP contribution in [-0.2, 0) is 14.9 Å². The van der Waals surface area contributed by atoms with E-state index in [2.05, 4.69) is 4.98 Å². The molecule has 1 atom stereocenters. The number of carbonyl (C=O) groups is 1. The largest absolute Gasteiger partial charge is 0.481 e. The molecule has 1 saturated heterocycles. The van der Waals surface area contributed by atoms with Crippen LogP contribution in [0.4, 0.5) is 0 Å². The van der Waals surface area contributed by atoms with Gasteiger partial charge in [-0.1, -0.05) is 13.0 Å². The molecule has 2 rings (SSSR count). The minimum atomic E-state index is -0.755. The van der Waals surface area contributed by atoms with Crippen molar-refractivity contribution in [3.8, 4) is 0 Å². The van der Waals surface area contributed by atoms with Crippen LogP contribution < -0.4 is 0 Å². The molecule has 1 aliphatic rings. The van der Waals surface area contributed by atoms with Crippen LogP contribution in [0.25, 0.3) is 0 Å². The average molecular weight is 221 g/mol. The van der Waals surface area contributed by atoms with E-state index in [1.54, 1.807) is 12.4 Å². The molecule has 4 heteroatoms. The number of pyridine rings is 1. The van der Waals surface area contributed by atoms with Crippen molar-refractivity contribution in [2.75, 3.05) is 13.2 Å². The fraction of sp³-hybridized carbons (Fsp3) is 0.500. The summed E-state index contributed by atoms with van der Waals surface area (Å²) in [5.74, 6) is -1.15. The van der Waals surface area contributed by atoms with Crippen LogP contribution in [0, 0.1) is 5.92 Å². The topological polar surface area (TPSA) is 59.4 Å². The first kappa shape index (κ1) is 11.1. The Bertz CT molecular complexity index is 373. The highest BCUT2D eigenvalue weighted by molar-refractivity contribution is 5.72. The van der Waals surface area contributed by atoms with Crippen LogP contribution >= 0.6 is 0 Å². The number of aromatic nitrogens is 1. The second-order valence-electron chi connectivity index (χ2n) is 4.19. The zero-order valence-corrected chi connectivity index (χ0v) is 9.22. The van der Waals surface area contributed by atoms with Gasteiger partial charge in [0.05, 0.1) is 24.5 Å². The van der Waals surface area contributed by atoms with Crippen molar-refractivity contribution in [2.45, 2.75) is 18.8 Å². The normalized spacial score (nSPS) is 19.8. The Labute approximate surface area is 94.3 Å². The molecule has 0 aliphatic carbocycles. The maximum atomic E-state index is 11.3. The van der Waals surface area contributed by atoms with Gasteiger partial charge in [0.25, 0.3) is 0 Å². The Kier molecular flexibility index (Phi) is 2.92. The van der Waals surface area contributed by atoms with Crippen molar-refractivity contribution in [2.24, 2.45) is 5.92 Å². The molecule has 0 saturated carbocycles. The highest BCUT2D eigenvalue weighted by atomic mass is 16.5. The minimum absolute atomic E-state index is 0.380. The summed E-state index contributed by atoms with van der Waals surface area (Å²) in [5.41, 5.74) is 0.588. The Morgan fingerprint density at radius 1 is 1.69 bits per heavy atom. The lowest BCUT2D eigenvalue weighted by Crippen LogP contribution is -2.54. The number of hydrogen-bond donors (Lipinski definition) is 1. The summed E-state index contributed by atoms with van der Waals surface area (Å²) in [4.78, 5) is 15.3. The quantitative estimate of drug-likeness (QED) is 0.836. The number of hydrogen-bond acceptors (Lipinski definition) is 3. The Hall–Kier alpha value is -1.42. The number of nitrogens with zero attached hydrogens (tertiary/aromatic N) is 1. The molecule has 1 fully saturated rings. The van der Waals surface area contributed by atoms with Crippen molar-refractivity contribution in [3.05, 3.63) is 30.1 Å². The first-order chi connectivity index (χ1) is 7.70. The smallest absolute Gasteiger partial charge is 0.307 e. The predicted octanol–water partition coefficient (Wildman–Crippen LogP) is 1.46. The maximum absolute atomic E-state index is 11.3. The van der Waals surface area contributed by atoms with E-state index in [1.165, 1.54) is 0 Å². The second-order valence-corrected chi connectivity index (χ2v) is 4.19. The molecule has 0 amide bonds. The lowest BCUT2D eigenvalue weighted by atomic mass is 9.68. The average Bonchev–Trinajstić information content (AvgIpc) is 2.23. The molecule has 1 aliphatic heterocycles. The standard InChI is InChI=1S/C12H15NO3/c1-2-10(11(14)15)12(7-16-8-12)9-4-3-5-13-6-9/h3-6,10H,2,7-8H2,1H3,(H,14,15). The van der Waals surface area contributed by atoms with Gasteiger partial charge in [0.1, 0.15) is 0 Å². The Morgan fingerprint density at radius 2 is 2.44 bits per heavy atom. The summed E-state index contributed by atoms with van der Waals surface area (Å²) in [5, 5.41) is 9.26. The highest BCUT2D eigenvalue weighted by Crippen LogP contribution is 2.40. The SMILES string of the molecule is CCC(C(=O)O)C1(c2cccnc2)COC1. The molecule has 4 nitrogen and oxygen atoms in total.